The predicted octanol–water partition coefficient (Wildman–Crippen LogP) is 0.829. The molecule has 1 aliphatic heterocycles. The number of hydrogen-bond acceptors (Lipinski definition) is 5. The summed E-state index contributed by atoms with van der Waals surface area (Å²) in [5.41, 5.74) is 0. The molecule has 0 bridgehead atoms. The molecule has 7 heteroatoms. The first-order valence-corrected chi connectivity index (χ1v) is 5.69. The van der Waals surface area contributed by atoms with Crippen LogP contribution in [0.4, 0.5) is 5.95 Å². The van der Waals surface area contributed by atoms with E-state index in [1.165, 1.54) is 13.2 Å². The Morgan fingerprint density at radius 2 is 2.47 bits per heavy atom. The molecule has 0 spiro atoms. The van der Waals surface area contributed by atoms with Gasteiger partial charge < -0.3 is 10.1 Å². The second kappa shape index (κ2) is 5.29. The lowest BCUT2D eigenvalue weighted by atomic mass is 10.2. The van der Waals surface area contributed by atoms with E-state index < -0.39 is 0 Å². The van der Waals surface area contributed by atoms with Crippen molar-refractivity contribution in [3.63, 3.8) is 0 Å². The SMILES string of the molecule is COc1cc(Cl)nc(NC(=O)[C@H]2CCCN2)n1. The number of carbonyl (C=O) groups excluding carboxylic acids is 1. The predicted molar refractivity (Wildman–Crippen MR) is 63.2 cm³/mol. The summed E-state index contributed by atoms with van der Waals surface area (Å²) in [5, 5.41) is 5.93. The Hall–Kier alpha value is -1.40. The summed E-state index contributed by atoms with van der Waals surface area (Å²) in [6, 6.07) is 1.30. The van der Waals surface area contributed by atoms with Gasteiger partial charge in [-0.15, -0.1) is 0 Å². The quantitative estimate of drug-likeness (QED) is 0.784. The van der Waals surface area contributed by atoms with Crippen LogP contribution in [0.3, 0.4) is 0 Å². The average Bonchev–Trinajstić information content (AvgIpc) is 2.81. The zero-order chi connectivity index (χ0) is 12.3. The number of aromatic nitrogens is 2. The van der Waals surface area contributed by atoms with E-state index >= 15 is 0 Å². The molecule has 2 rings (SSSR count). The summed E-state index contributed by atoms with van der Waals surface area (Å²) < 4.78 is 4.94. The van der Waals surface area contributed by atoms with Gasteiger partial charge in [0, 0.05) is 6.07 Å². The fourth-order valence-corrected chi connectivity index (χ4v) is 1.84. The van der Waals surface area contributed by atoms with E-state index in [4.69, 9.17) is 16.3 Å². The molecule has 0 unspecified atom stereocenters. The van der Waals surface area contributed by atoms with Gasteiger partial charge in [0.1, 0.15) is 5.15 Å². The van der Waals surface area contributed by atoms with Crippen LogP contribution >= 0.6 is 11.6 Å². The summed E-state index contributed by atoms with van der Waals surface area (Å²) >= 11 is 5.77. The van der Waals surface area contributed by atoms with Crippen LogP contribution in [0.2, 0.25) is 5.15 Å². The van der Waals surface area contributed by atoms with Crippen molar-refractivity contribution < 1.29 is 9.53 Å². The second-order valence-electron chi connectivity index (χ2n) is 3.69. The van der Waals surface area contributed by atoms with Crippen LogP contribution in [0, 0.1) is 0 Å². The lowest BCUT2D eigenvalue weighted by Gasteiger charge is -2.10. The highest BCUT2D eigenvalue weighted by Crippen LogP contribution is 2.16. The van der Waals surface area contributed by atoms with E-state index in [1.54, 1.807) is 0 Å². The van der Waals surface area contributed by atoms with Gasteiger partial charge in [-0.1, -0.05) is 11.6 Å². The topological polar surface area (TPSA) is 76.1 Å². The number of nitrogens with zero attached hydrogens (tertiary/aromatic N) is 2. The normalized spacial score (nSPS) is 19.1. The summed E-state index contributed by atoms with van der Waals surface area (Å²) in [6.07, 6.45) is 1.82. The van der Waals surface area contributed by atoms with Crippen LogP contribution in [-0.2, 0) is 4.79 Å². The summed E-state index contributed by atoms with van der Waals surface area (Å²) in [7, 11) is 1.47. The van der Waals surface area contributed by atoms with Crippen molar-refractivity contribution in [2.45, 2.75) is 18.9 Å². The molecular formula is C10H13ClN4O2. The fraction of sp³-hybridized carbons (Fsp3) is 0.500. The standard InChI is InChI=1S/C10H13ClN4O2/c1-17-8-5-7(11)13-10(14-8)15-9(16)6-3-2-4-12-6/h5-6,12H,2-4H2,1H3,(H,13,14,15,16)/t6-/m1/s1. The highest BCUT2D eigenvalue weighted by Gasteiger charge is 2.22. The maximum atomic E-state index is 11.8. The number of amides is 1. The van der Waals surface area contributed by atoms with E-state index in [2.05, 4.69) is 20.6 Å². The molecular weight excluding hydrogens is 244 g/mol. The zero-order valence-corrected chi connectivity index (χ0v) is 10.1. The van der Waals surface area contributed by atoms with Crippen LogP contribution in [0.5, 0.6) is 5.88 Å². The van der Waals surface area contributed by atoms with Gasteiger partial charge in [-0.2, -0.15) is 4.98 Å². The highest BCUT2D eigenvalue weighted by atomic mass is 35.5. The third-order valence-corrected chi connectivity index (χ3v) is 2.69. The van der Waals surface area contributed by atoms with Crippen molar-refractivity contribution in [3.05, 3.63) is 11.2 Å². The Labute approximate surface area is 104 Å². The zero-order valence-electron chi connectivity index (χ0n) is 9.36. The van der Waals surface area contributed by atoms with Gasteiger partial charge >= 0.3 is 0 Å². The second-order valence-corrected chi connectivity index (χ2v) is 4.08. The average molecular weight is 257 g/mol. The van der Waals surface area contributed by atoms with Gasteiger partial charge in [-0.25, -0.2) is 4.98 Å². The first-order chi connectivity index (χ1) is 8.19. The van der Waals surface area contributed by atoms with Crippen LogP contribution in [0.15, 0.2) is 6.07 Å². The smallest absolute Gasteiger partial charge is 0.243 e. The van der Waals surface area contributed by atoms with E-state index in [0.717, 1.165) is 19.4 Å². The largest absolute Gasteiger partial charge is 0.481 e. The third-order valence-electron chi connectivity index (χ3n) is 2.49. The monoisotopic (exact) mass is 256 g/mol. The van der Waals surface area contributed by atoms with E-state index in [1.807, 2.05) is 0 Å². The van der Waals surface area contributed by atoms with E-state index in [9.17, 15) is 4.79 Å². The van der Waals surface area contributed by atoms with Crippen LogP contribution in [0.1, 0.15) is 12.8 Å². The number of halogens is 1. The maximum absolute atomic E-state index is 11.8. The van der Waals surface area contributed by atoms with Crippen molar-refractivity contribution in [1.29, 1.82) is 0 Å². The molecule has 1 aromatic rings. The number of carbonyl (C=O) groups is 1. The molecule has 17 heavy (non-hydrogen) atoms. The Kier molecular flexibility index (Phi) is 3.75. The highest BCUT2D eigenvalue weighted by molar-refractivity contribution is 6.29. The molecule has 1 aliphatic rings. The molecule has 0 radical (unpaired) electrons. The number of methoxy groups -OCH3 is 1. The first-order valence-electron chi connectivity index (χ1n) is 5.32. The lowest BCUT2D eigenvalue weighted by molar-refractivity contribution is -0.117. The summed E-state index contributed by atoms with van der Waals surface area (Å²) in [6.45, 7) is 0.859. The summed E-state index contributed by atoms with van der Waals surface area (Å²) in [4.78, 5) is 19.7. The molecule has 1 fully saturated rings. The molecule has 0 aromatic carbocycles. The molecule has 2 heterocycles. The van der Waals surface area contributed by atoms with Crippen molar-refractivity contribution in [3.8, 4) is 5.88 Å². The van der Waals surface area contributed by atoms with Gasteiger partial charge in [0.25, 0.3) is 0 Å². The van der Waals surface area contributed by atoms with Crippen molar-refractivity contribution in [2.75, 3.05) is 19.0 Å². The van der Waals surface area contributed by atoms with Gasteiger partial charge in [0.05, 0.1) is 13.2 Å². The molecule has 0 saturated carbocycles. The van der Waals surface area contributed by atoms with E-state index in [-0.39, 0.29) is 23.1 Å². The maximum Gasteiger partial charge on any atom is 0.243 e. The van der Waals surface area contributed by atoms with Crippen LogP contribution in [0.25, 0.3) is 0 Å². The minimum absolute atomic E-state index is 0.146. The van der Waals surface area contributed by atoms with Gasteiger partial charge in [0.15, 0.2) is 0 Å². The molecule has 92 valence electrons. The Bertz CT molecular complexity index is 421. The molecule has 2 N–H and O–H groups in total. The van der Waals surface area contributed by atoms with Gasteiger partial charge in [0.2, 0.25) is 17.7 Å². The molecule has 0 aliphatic carbocycles. The fourth-order valence-electron chi connectivity index (χ4n) is 1.66. The molecule has 1 amide bonds. The Balaban J connectivity index is 2.06. The third kappa shape index (κ3) is 3.04. The van der Waals surface area contributed by atoms with Gasteiger partial charge in [-0.05, 0) is 19.4 Å². The van der Waals surface area contributed by atoms with E-state index in [0.29, 0.717) is 5.88 Å². The minimum atomic E-state index is -0.177. The first kappa shape index (κ1) is 12.1. The van der Waals surface area contributed by atoms with Crippen molar-refractivity contribution >= 4 is 23.5 Å². The summed E-state index contributed by atoms with van der Waals surface area (Å²) in [5.74, 6) is 0.333. The minimum Gasteiger partial charge on any atom is -0.481 e. The number of anilines is 1. The van der Waals surface area contributed by atoms with Crippen LogP contribution in [-0.4, -0.2) is 35.6 Å². The molecule has 1 aromatic heterocycles. The Morgan fingerprint density at radius 3 is 3.12 bits per heavy atom. The number of nitrogens with one attached hydrogen (secondary N) is 2. The molecule has 1 saturated heterocycles. The Morgan fingerprint density at radius 1 is 1.65 bits per heavy atom. The van der Waals surface area contributed by atoms with Gasteiger partial charge in [-0.3, -0.25) is 10.1 Å². The lowest BCUT2D eigenvalue weighted by Crippen LogP contribution is -2.36. The van der Waals surface area contributed by atoms with Crippen molar-refractivity contribution in [1.82, 2.24) is 15.3 Å². The molecule has 1 atom stereocenters. The number of hydrogen-bond donors (Lipinski definition) is 2. The number of ether oxygens (including phenoxy) is 1. The molecule has 6 nitrogen and oxygen atoms in total. The number of rotatable bonds is 3. The van der Waals surface area contributed by atoms with Crippen molar-refractivity contribution in [2.24, 2.45) is 0 Å². The van der Waals surface area contributed by atoms with Crippen LogP contribution < -0.4 is 15.4 Å².